The van der Waals surface area contributed by atoms with E-state index in [1.807, 2.05) is 0 Å². The van der Waals surface area contributed by atoms with E-state index >= 15 is 0 Å². The summed E-state index contributed by atoms with van der Waals surface area (Å²) >= 11 is 0. The molecule has 2 atom stereocenters. The van der Waals surface area contributed by atoms with Crippen molar-refractivity contribution < 1.29 is 4.92 Å². The number of nitro groups is 1. The van der Waals surface area contributed by atoms with Gasteiger partial charge in [-0.25, -0.2) is 4.98 Å². The smallest absolute Gasteiger partial charge is 0.258 e. The molecule has 2 bridgehead atoms. The summed E-state index contributed by atoms with van der Waals surface area (Å²) in [7, 11) is 0. The van der Waals surface area contributed by atoms with Gasteiger partial charge in [-0.05, 0) is 61.3 Å². The first kappa shape index (κ1) is 14.6. The van der Waals surface area contributed by atoms with Crippen molar-refractivity contribution in [2.45, 2.75) is 38.0 Å². The van der Waals surface area contributed by atoms with Gasteiger partial charge in [0.15, 0.2) is 0 Å². The van der Waals surface area contributed by atoms with Crippen LogP contribution >= 0.6 is 0 Å². The number of nitrogens with zero attached hydrogens (tertiary/aromatic N) is 2. The molecular weight excluding hydrogens is 312 g/mol. The SMILES string of the molecule is Cc1cccc(-c2nc3ccc([N+](=O)[O-])cc3c3c2[C@H]2CC[C@@H]3C2)c1. The van der Waals surface area contributed by atoms with Crippen molar-refractivity contribution in [1.82, 2.24) is 4.98 Å². The number of pyridine rings is 1. The summed E-state index contributed by atoms with van der Waals surface area (Å²) in [5.74, 6) is 1.07. The third-order valence-corrected chi connectivity index (χ3v) is 5.80. The van der Waals surface area contributed by atoms with Crippen LogP contribution < -0.4 is 0 Å². The maximum atomic E-state index is 11.2. The van der Waals surface area contributed by atoms with E-state index in [4.69, 9.17) is 4.98 Å². The number of aryl methyl sites for hydroxylation is 1. The van der Waals surface area contributed by atoms with Crippen LogP contribution in [0.3, 0.4) is 0 Å². The summed E-state index contributed by atoms with van der Waals surface area (Å²) < 4.78 is 0. The Bertz CT molecular complexity index is 1040. The summed E-state index contributed by atoms with van der Waals surface area (Å²) in [5, 5.41) is 12.2. The molecule has 4 nitrogen and oxygen atoms in total. The van der Waals surface area contributed by atoms with Crippen molar-refractivity contribution in [3.8, 4) is 11.3 Å². The van der Waals surface area contributed by atoms with E-state index in [0.717, 1.165) is 28.6 Å². The highest BCUT2D eigenvalue weighted by Crippen LogP contribution is 2.57. The second kappa shape index (κ2) is 5.12. The predicted molar refractivity (Wildman–Crippen MR) is 97.9 cm³/mol. The molecule has 0 saturated heterocycles. The van der Waals surface area contributed by atoms with Crippen LogP contribution in [0, 0.1) is 17.0 Å². The van der Waals surface area contributed by atoms with Gasteiger partial charge >= 0.3 is 0 Å². The molecule has 1 fully saturated rings. The summed E-state index contributed by atoms with van der Waals surface area (Å²) in [6.45, 7) is 2.10. The molecule has 2 aliphatic carbocycles. The van der Waals surface area contributed by atoms with Crippen LogP contribution in [0.4, 0.5) is 5.69 Å². The molecule has 1 saturated carbocycles. The molecule has 0 radical (unpaired) electrons. The molecule has 4 heteroatoms. The fourth-order valence-corrected chi connectivity index (χ4v) is 4.78. The molecule has 2 aromatic carbocycles. The summed E-state index contributed by atoms with van der Waals surface area (Å²) in [6.07, 6.45) is 3.56. The predicted octanol–water partition coefficient (Wildman–Crippen LogP) is 5.48. The largest absolute Gasteiger partial charge is 0.270 e. The van der Waals surface area contributed by atoms with E-state index in [-0.39, 0.29) is 10.6 Å². The molecule has 5 rings (SSSR count). The van der Waals surface area contributed by atoms with Crippen molar-refractivity contribution in [1.29, 1.82) is 0 Å². The molecule has 124 valence electrons. The van der Waals surface area contributed by atoms with Gasteiger partial charge in [0.25, 0.3) is 5.69 Å². The number of nitro benzene ring substituents is 1. The molecule has 0 spiro atoms. The van der Waals surface area contributed by atoms with Crippen LogP contribution in [0.1, 0.15) is 47.8 Å². The maximum absolute atomic E-state index is 11.2. The molecule has 1 heterocycles. The Labute approximate surface area is 145 Å². The quantitative estimate of drug-likeness (QED) is 0.461. The molecule has 25 heavy (non-hydrogen) atoms. The number of aromatic nitrogens is 1. The van der Waals surface area contributed by atoms with E-state index in [1.165, 1.54) is 29.5 Å². The van der Waals surface area contributed by atoms with E-state index in [9.17, 15) is 10.1 Å². The fraction of sp³-hybridized carbons (Fsp3) is 0.286. The highest BCUT2D eigenvalue weighted by molar-refractivity contribution is 5.91. The lowest BCUT2D eigenvalue weighted by atomic mass is 9.86. The van der Waals surface area contributed by atoms with Crippen LogP contribution in [0.15, 0.2) is 42.5 Å². The summed E-state index contributed by atoms with van der Waals surface area (Å²) in [6, 6.07) is 13.6. The van der Waals surface area contributed by atoms with Crippen molar-refractivity contribution in [3.63, 3.8) is 0 Å². The monoisotopic (exact) mass is 330 g/mol. The second-order valence-electron chi connectivity index (χ2n) is 7.32. The molecule has 0 aliphatic heterocycles. The molecular formula is C21H18N2O2. The van der Waals surface area contributed by atoms with Crippen molar-refractivity contribution in [3.05, 3.63) is 69.3 Å². The zero-order valence-corrected chi connectivity index (χ0v) is 14.0. The van der Waals surface area contributed by atoms with Gasteiger partial charge in [0.1, 0.15) is 0 Å². The second-order valence-corrected chi connectivity index (χ2v) is 7.32. The van der Waals surface area contributed by atoms with E-state index in [1.54, 1.807) is 18.2 Å². The van der Waals surface area contributed by atoms with Crippen LogP contribution in [0.2, 0.25) is 0 Å². The standard InChI is InChI=1S/C21H18N2O2/c1-12-3-2-4-15(9-12)21-20-14-6-5-13(10-14)19(20)17-11-16(23(24)25)7-8-18(17)22-21/h2-4,7-9,11,13-14H,5-6,10H2,1H3/t13-,14+/m1/s1. The Balaban J connectivity index is 1.85. The van der Waals surface area contributed by atoms with E-state index in [2.05, 4.69) is 31.2 Å². The average molecular weight is 330 g/mol. The minimum absolute atomic E-state index is 0.155. The van der Waals surface area contributed by atoms with Gasteiger partial charge in [-0.3, -0.25) is 10.1 Å². The lowest BCUT2D eigenvalue weighted by Crippen LogP contribution is -2.04. The molecule has 0 amide bonds. The van der Waals surface area contributed by atoms with Gasteiger partial charge in [0.2, 0.25) is 0 Å². The number of hydrogen-bond donors (Lipinski definition) is 0. The fourth-order valence-electron chi connectivity index (χ4n) is 4.78. The Morgan fingerprint density at radius 2 is 1.88 bits per heavy atom. The topological polar surface area (TPSA) is 56.0 Å². The van der Waals surface area contributed by atoms with Gasteiger partial charge in [-0.2, -0.15) is 0 Å². The number of hydrogen-bond acceptors (Lipinski definition) is 3. The summed E-state index contributed by atoms with van der Waals surface area (Å²) in [5.41, 5.74) is 7.14. The highest BCUT2D eigenvalue weighted by atomic mass is 16.6. The molecule has 1 aromatic heterocycles. The van der Waals surface area contributed by atoms with Crippen molar-refractivity contribution >= 4 is 16.6 Å². The molecule has 2 aliphatic rings. The van der Waals surface area contributed by atoms with Gasteiger partial charge < -0.3 is 0 Å². The molecule has 0 N–H and O–H groups in total. The van der Waals surface area contributed by atoms with Crippen LogP contribution in [-0.4, -0.2) is 9.91 Å². The maximum Gasteiger partial charge on any atom is 0.270 e. The number of fused-ring (bicyclic) bond motifs is 7. The van der Waals surface area contributed by atoms with Crippen molar-refractivity contribution in [2.75, 3.05) is 0 Å². The number of benzene rings is 2. The van der Waals surface area contributed by atoms with Gasteiger partial charge in [-0.15, -0.1) is 0 Å². The van der Waals surface area contributed by atoms with Crippen LogP contribution in [-0.2, 0) is 0 Å². The van der Waals surface area contributed by atoms with E-state index in [0.29, 0.717) is 11.8 Å². The lowest BCUT2D eigenvalue weighted by Gasteiger charge is -2.21. The molecule has 3 aromatic rings. The third-order valence-electron chi connectivity index (χ3n) is 5.80. The Morgan fingerprint density at radius 1 is 1.08 bits per heavy atom. The van der Waals surface area contributed by atoms with Crippen molar-refractivity contribution in [2.24, 2.45) is 0 Å². The first-order valence-electron chi connectivity index (χ1n) is 8.81. The highest BCUT2D eigenvalue weighted by Gasteiger charge is 2.40. The van der Waals surface area contributed by atoms with Crippen LogP contribution in [0.25, 0.3) is 22.2 Å². The minimum atomic E-state index is -0.312. The average Bonchev–Trinajstić information content (AvgIpc) is 3.22. The van der Waals surface area contributed by atoms with Gasteiger partial charge in [0, 0.05) is 23.1 Å². The van der Waals surface area contributed by atoms with Gasteiger partial charge in [0.05, 0.1) is 16.1 Å². The third kappa shape index (κ3) is 2.10. The first-order valence-corrected chi connectivity index (χ1v) is 8.81. The number of non-ortho nitro benzene ring substituents is 1. The first-order chi connectivity index (χ1) is 12.1. The minimum Gasteiger partial charge on any atom is -0.258 e. The zero-order valence-electron chi connectivity index (χ0n) is 14.0. The van der Waals surface area contributed by atoms with E-state index < -0.39 is 0 Å². The Hall–Kier alpha value is -2.75. The Kier molecular flexibility index (Phi) is 2.99. The normalized spacial score (nSPS) is 20.8. The lowest BCUT2D eigenvalue weighted by molar-refractivity contribution is -0.384. The molecule has 0 unspecified atom stereocenters. The van der Waals surface area contributed by atoms with Crippen LogP contribution in [0.5, 0.6) is 0 Å². The Morgan fingerprint density at radius 3 is 2.64 bits per heavy atom. The van der Waals surface area contributed by atoms with Gasteiger partial charge in [-0.1, -0.05) is 23.8 Å². The number of rotatable bonds is 2. The summed E-state index contributed by atoms with van der Waals surface area (Å²) in [4.78, 5) is 15.9. The zero-order chi connectivity index (χ0) is 17.1.